The minimum Gasteiger partial charge on any atom is -0.345 e. The Labute approximate surface area is 126 Å². The van der Waals surface area contributed by atoms with E-state index in [1.807, 2.05) is 6.92 Å². The van der Waals surface area contributed by atoms with E-state index in [1.165, 1.54) is 18.3 Å². The summed E-state index contributed by atoms with van der Waals surface area (Å²) in [6.45, 7) is 3.52. The Balaban J connectivity index is 2.07. The monoisotopic (exact) mass is 308 g/mol. The van der Waals surface area contributed by atoms with E-state index in [1.54, 1.807) is 19.1 Å². The van der Waals surface area contributed by atoms with Crippen LogP contribution in [0.3, 0.4) is 0 Å². The summed E-state index contributed by atoms with van der Waals surface area (Å²) in [7, 11) is 0. The maximum Gasteiger partial charge on any atom is 0.416 e. The molecule has 0 aliphatic rings. The lowest BCUT2D eigenvalue weighted by atomic mass is 10.1. The van der Waals surface area contributed by atoms with E-state index < -0.39 is 17.8 Å². The Bertz CT molecular complexity index is 649. The largest absolute Gasteiger partial charge is 0.416 e. The number of alkyl halides is 3. The molecule has 1 amide bonds. The molecule has 6 heteroatoms. The van der Waals surface area contributed by atoms with Gasteiger partial charge in [-0.05, 0) is 43.7 Å². The van der Waals surface area contributed by atoms with E-state index in [9.17, 15) is 18.0 Å². The molecule has 0 saturated carbocycles. The minimum atomic E-state index is -4.36. The van der Waals surface area contributed by atoms with E-state index in [2.05, 4.69) is 10.3 Å². The second kappa shape index (κ2) is 6.17. The summed E-state index contributed by atoms with van der Waals surface area (Å²) >= 11 is 0. The summed E-state index contributed by atoms with van der Waals surface area (Å²) in [5, 5.41) is 2.73. The summed E-state index contributed by atoms with van der Waals surface area (Å²) in [4.78, 5) is 16.1. The van der Waals surface area contributed by atoms with Crippen molar-refractivity contribution in [3.05, 3.63) is 65.0 Å². The normalized spacial score (nSPS) is 12.8. The van der Waals surface area contributed by atoms with Crippen LogP contribution >= 0.6 is 0 Å². The van der Waals surface area contributed by atoms with E-state index in [0.717, 1.165) is 17.8 Å². The molecule has 1 atom stereocenters. The van der Waals surface area contributed by atoms with Gasteiger partial charge in [-0.3, -0.25) is 9.78 Å². The lowest BCUT2D eigenvalue weighted by Crippen LogP contribution is -2.26. The predicted octanol–water partition coefficient (Wildman–Crippen LogP) is 3.90. The average molecular weight is 308 g/mol. The molecule has 0 aliphatic heterocycles. The predicted molar refractivity (Wildman–Crippen MR) is 76.3 cm³/mol. The van der Waals surface area contributed by atoms with E-state index in [0.29, 0.717) is 11.1 Å². The number of pyridine rings is 1. The van der Waals surface area contributed by atoms with Gasteiger partial charge in [-0.1, -0.05) is 12.1 Å². The van der Waals surface area contributed by atoms with Crippen molar-refractivity contribution in [3.8, 4) is 0 Å². The summed E-state index contributed by atoms with van der Waals surface area (Å²) in [6, 6.07) is 7.70. The molecule has 0 saturated heterocycles. The molecule has 116 valence electrons. The fourth-order valence-electron chi connectivity index (χ4n) is 1.93. The van der Waals surface area contributed by atoms with Crippen LogP contribution in [0.2, 0.25) is 0 Å². The molecule has 2 rings (SSSR count). The van der Waals surface area contributed by atoms with Gasteiger partial charge < -0.3 is 5.32 Å². The van der Waals surface area contributed by atoms with Gasteiger partial charge in [0.1, 0.15) is 0 Å². The fourth-order valence-corrected chi connectivity index (χ4v) is 1.93. The molecule has 1 N–H and O–H groups in total. The second-order valence-corrected chi connectivity index (χ2v) is 5.00. The smallest absolute Gasteiger partial charge is 0.345 e. The van der Waals surface area contributed by atoms with Gasteiger partial charge in [0, 0.05) is 11.9 Å². The third-order valence-electron chi connectivity index (χ3n) is 3.26. The Hall–Kier alpha value is -2.37. The summed E-state index contributed by atoms with van der Waals surface area (Å²) in [6.07, 6.45) is -2.90. The van der Waals surface area contributed by atoms with Crippen LogP contribution in [0, 0.1) is 6.92 Å². The first-order valence-corrected chi connectivity index (χ1v) is 6.68. The highest BCUT2D eigenvalue weighted by Crippen LogP contribution is 2.29. The third kappa shape index (κ3) is 3.84. The van der Waals surface area contributed by atoms with Crippen molar-refractivity contribution >= 4 is 5.91 Å². The number of aryl methyl sites for hydroxylation is 1. The van der Waals surface area contributed by atoms with Gasteiger partial charge in [-0.15, -0.1) is 0 Å². The molecule has 0 fully saturated rings. The van der Waals surface area contributed by atoms with Crippen molar-refractivity contribution in [2.45, 2.75) is 26.1 Å². The van der Waals surface area contributed by atoms with Crippen LogP contribution in [0.4, 0.5) is 13.2 Å². The number of amides is 1. The number of halogens is 3. The first kappa shape index (κ1) is 16.0. The van der Waals surface area contributed by atoms with Crippen LogP contribution in [0.5, 0.6) is 0 Å². The highest BCUT2D eigenvalue weighted by Gasteiger charge is 2.30. The van der Waals surface area contributed by atoms with Gasteiger partial charge >= 0.3 is 6.18 Å². The molecule has 0 unspecified atom stereocenters. The first-order chi connectivity index (χ1) is 10.3. The SMILES string of the molecule is Cc1ccc(C(=O)N[C@H](C)c2ccc(C(F)(F)F)cc2)cn1. The van der Waals surface area contributed by atoms with Crippen molar-refractivity contribution < 1.29 is 18.0 Å². The standard InChI is InChI=1S/C16H15F3N2O/c1-10-3-4-13(9-20-10)15(22)21-11(2)12-5-7-14(8-6-12)16(17,18)19/h3-9,11H,1-2H3,(H,21,22)/t11-/m1/s1. The molecule has 3 nitrogen and oxygen atoms in total. The van der Waals surface area contributed by atoms with Gasteiger partial charge in [0.25, 0.3) is 5.91 Å². The highest BCUT2D eigenvalue weighted by atomic mass is 19.4. The first-order valence-electron chi connectivity index (χ1n) is 6.68. The number of rotatable bonds is 3. The molecule has 0 radical (unpaired) electrons. The number of nitrogens with zero attached hydrogens (tertiary/aromatic N) is 1. The molecule has 2 aromatic rings. The Morgan fingerprint density at radius 2 is 1.77 bits per heavy atom. The number of benzene rings is 1. The number of carbonyl (C=O) groups excluding carboxylic acids is 1. The van der Waals surface area contributed by atoms with Gasteiger partial charge in [0.2, 0.25) is 0 Å². The zero-order chi connectivity index (χ0) is 16.3. The van der Waals surface area contributed by atoms with E-state index in [4.69, 9.17) is 0 Å². The van der Waals surface area contributed by atoms with Crippen LogP contribution in [-0.2, 0) is 6.18 Å². The summed E-state index contributed by atoms with van der Waals surface area (Å²) in [5.74, 6) is -0.320. The van der Waals surface area contributed by atoms with Crippen LogP contribution in [-0.4, -0.2) is 10.9 Å². The van der Waals surface area contributed by atoms with Crippen LogP contribution in [0.25, 0.3) is 0 Å². The van der Waals surface area contributed by atoms with Crippen molar-refractivity contribution in [1.82, 2.24) is 10.3 Å². The lowest BCUT2D eigenvalue weighted by Gasteiger charge is -2.15. The van der Waals surface area contributed by atoms with Crippen LogP contribution in [0.1, 0.15) is 40.1 Å². The minimum absolute atomic E-state index is 0.320. The second-order valence-electron chi connectivity index (χ2n) is 5.00. The third-order valence-corrected chi connectivity index (χ3v) is 3.26. The van der Waals surface area contributed by atoms with Crippen molar-refractivity contribution in [2.75, 3.05) is 0 Å². The highest BCUT2D eigenvalue weighted by molar-refractivity contribution is 5.94. The lowest BCUT2D eigenvalue weighted by molar-refractivity contribution is -0.137. The molecular weight excluding hydrogens is 293 g/mol. The van der Waals surface area contributed by atoms with Gasteiger partial charge in [-0.2, -0.15) is 13.2 Å². The van der Waals surface area contributed by atoms with Crippen molar-refractivity contribution in [2.24, 2.45) is 0 Å². The number of nitrogens with one attached hydrogen (secondary N) is 1. The van der Waals surface area contributed by atoms with E-state index in [-0.39, 0.29) is 5.91 Å². The molecule has 1 aromatic carbocycles. The molecule has 0 spiro atoms. The van der Waals surface area contributed by atoms with Crippen LogP contribution in [0.15, 0.2) is 42.6 Å². The Kier molecular flexibility index (Phi) is 4.49. The fraction of sp³-hybridized carbons (Fsp3) is 0.250. The Morgan fingerprint density at radius 3 is 2.27 bits per heavy atom. The molecule has 22 heavy (non-hydrogen) atoms. The van der Waals surface area contributed by atoms with Crippen molar-refractivity contribution in [1.29, 1.82) is 0 Å². The summed E-state index contributed by atoms with van der Waals surface area (Å²) < 4.78 is 37.5. The van der Waals surface area contributed by atoms with Gasteiger partial charge in [0.05, 0.1) is 17.2 Å². The average Bonchev–Trinajstić information content (AvgIpc) is 2.47. The van der Waals surface area contributed by atoms with Crippen LogP contribution < -0.4 is 5.32 Å². The number of aromatic nitrogens is 1. The molecule has 0 aliphatic carbocycles. The number of hydrogen-bond donors (Lipinski definition) is 1. The Morgan fingerprint density at radius 1 is 1.14 bits per heavy atom. The number of hydrogen-bond acceptors (Lipinski definition) is 2. The molecule has 1 heterocycles. The quantitative estimate of drug-likeness (QED) is 0.934. The van der Waals surface area contributed by atoms with E-state index >= 15 is 0 Å². The topological polar surface area (TPSA) is 42.0 Å². The van der Waals surface area contributed by atoms with Gasteiger partial charge in [0.15, 0.2) is 0 Å². The van der Waals surface area contributed by atoms with Crippen molar-refractivity contribution in [3.63, 3.8) is 0 Å². The zero-order valence-electron chi connectivity index (χ0n) is 12.1. The maximum absolute atomic E-state index is 12.5. The number of carbonyl (C=O) groups is 1. The van der Waals surface area contributed by atoms with Gasteiger partial charge in [-0.25, -0.2) is 0 Å². The zero-order valence-corrected chi connectivity index (χ0v) is 12.1. The summed E-state index contributed by atoms with van der Waals surface area (Å²) in [5.41, 5.74) is 1.09. The molecule has 0 bridgehead atoms. The maximum atomic E-state index is 12.5. The molecular formula is C16H15F3N2O. The molecule has 1 aromatic heterocycles.